The first kappa shape index (κ1) is 12.0. The number of benzene rings is 1. The first-order valence-corrected chi connectivity index (χ1v) is 8.06. The second kappa shape index (κ2) is 4.34. The third-order valence-corrected chi connectivity index (χ3v) is 6.17. The lowest BCUT2D eigenvalue weighted by atomic mass is 9.88. The molecule has 3 saturated carbocycles. The minimum Gasteiger partial charge on any atom is -0.352 e. The molecule has 0 saturated heterocycles. The van der Waals surface area contributed by atoms with Crippen molar-refractivity contribution in [1.29, 1.82) is 0 Å². The number of halogens is 1. The van der Waals surface area contributed by atoms with Crippen LogP contribution in [0.3, 0.4) is 0 Å². The highest BCUT2D eigenvalue weighted by atomic mass is 79.9. The molecule has 3 aliphatic rings. The molecule has 2 nitrogen and oxygen atoms in total. The highest BCUT2D eigenvalue weighted by Crippen LogP contribution is 2.67. The number of carbonyl (C=O) groups excluding carboxylic acids is 1. The Kier molecular flexibility index (Phi) is 2.73. The summed E-state index contributed by atoms with van der Waals surface area (Å²) in [5.41, 5.74) is 0.745. The lowest BCUT2D eigenvalue weighted by Crippen LogP contribution is -2.32. The van der Waals surface area contributed by atoms with Crippen LogP contribution in [0, 0.1) is 29.6 Å². The fourth-order valence-electron chi connectivity index (χ4n) is 4.55. The largest absolute Gasteiger partial charge is 0.352 e. The first-order chi connectivity index (χ1) is 9.24. The second-order valence-corrected chi connectivity index (χ2v) is 7.26. The summed E-state index contributed by atoms with van der Waals surface area (Å²) in [4.78, 5) is 12.2. The van der Waals surface area contributed by atoms with Gasteiger partial charge in [-0.1, -0.05) is 12.1 Å². The summed E-state index contributed by atoms with van der Waals surface area (Å²) in [5, 5.41) is 3.14. The van der Waals surface area contributed by atoms with Gasteiger partial charge in [0, 0.05) is 11.0 Å². The molecule has 0 aliphatic heterocycles. The van der Waals surface area contributed by atoms with Crippen molar-refractivity contribution in [3.63, 3.8) is 0 Å². The molecule has 1 aromatic rings. The molecule has 0 heterocycles. The van der Waals surface area contributed by atoms with Crippen LogP contribution in [0.1, 0.15) is 29.6 Å². The summed E-state index contributed by atoms with van der Waals surface area (Å²) in [6.07, 6.45) is 4.26. The van der Waals surface area contributed by atoms with E-state index in [1.807, 2.05) is 24.3 Å². The first-order valence-electron chi connectivity index (χ1n) is 7.27. The number of amides is 1. The molecular formula is C16H18BrNO. The lowest BCUT2D eigenvalue weighted by molar-refractivity contribution is 0.0940. The molecule has 4 rings (SSSR count). The van der Waals surface area contributed by atoms with Crippen LogP contribution in [-0.2, 0) is 0 Å². The molecule has 0 radical (unpaired) electrons. The van der Waals surface area contributed by atoms with Gasteiger partial charge in [0.1, 0.15) is 0 Å². The van der Waals surface area contributed by atoms with Crippen LogP contribution in [0.25, 0.3) is 0 Å². The Morgan fingerprint density at radius 3 is 2.74 bits per heavy atom. The van der Waals surface area contributed by atoms with E-state index in [9.17, 15) is 4.79 Å². The quantitative estimate of drug-likeness (QED) is 0.908. The normalized spacial score (nSPS) is 38.1. The Balaban J connectivity index is 1.38. The van der Waals surface area contributed by atoms with Crippen molar-refractivity contribution in [2.45, 2.75) is 19.3 Å². The van der Waals surface area contributed by atoms with Crippen LogP contribution < -0.4 is 5.32 Å². The van der Waals surface area contributed by atoms with E-state index in [2.05, 4.69) is 21.2 Å². The maximum absolute atomic E-state index is 12.2. The zero-order chi connectivity index (χ0) is 13.0. The summed E-state index contributed by atoms with van der Waals surface area (Å²) >= 11 is 3.44. The van der Waals surface area contributed by atoms with Gasteiger partial charge in [-0.2, -0.15) is 0 Å². The van der Waals surface area contributed by atoms with Gasteiger partial charge in [-0.3, -0.25) is 4.79 Å². The molecule has 3 aliphatic carbocycles. The molecule has 0 aromatic heterocycles. The van der Waals surface area contributed by atoms with Crippen LogP contribution in [-0.4, -0.2) is 12.5 Å². The molecule has 5 atom stereocenters. The van der Waals surface area contributed by atoms with E-state index in [1.165, 1.54) is 19.3 Å². The highest BCUT2D eigenvalue weighted by Gasteiger charge is 2.60. The number of rotatable bonds is 3. The predicted octanol–water partition coefficient (Wildman–Crippen LogP) is 3.47. The maximum Gasteiger partial charge on any atom is 0.252 e. The molecular weight excluding hydrogens is 302 g/mol. The number of nitrogens with one attached hydrogen (secondary N) is 1. The van der Waals surface area contributed by atoms with Crippen molar-refractivity contribution in [2.75, 3.05) is 6.54 Å². The highest BCUT2D eigenvalue weighted by molar-refractivity contribution is 9.10. The van der Waals surface area contributed by atoms with Gasteiger partial charge in [0.25, 0.3) is 5.91 Å². The molecule has 2 bridgehead atoms. The van der Waals surface area contributed by atoms with E-state index in [-0.39, 0.29) is 5.91 Å². The second-order valence-electron chi connectivity index (χ2n) is 6.41. The van der Waals surface area contributed by atoms with E-state index < -0.39 is 0 Å². The topological polar surface area (TPSA) is 29.1 Å². The fourth-order valence-corrected chi connectivity index (χ4v) is 5.01. The van der Waals surface area contributed by atoms with Crippen molar-refractivity contribution >= 4 is 21.8 Å². The lowest BCUT2D eigenvalue weighted by Gasteiger charge is -2.21. The Morgan fingerprint density at radius 1 is 1.16 bits per heavy atom. The summed E-state index contributed by atoms with van der Waals surface area (Å²) in [6, 6.07) is 7.63. The third kappa shape index (κ3) is 1.94. The van der Waals surface area contributed by atoms with Gasteiger partial charge >= 0.3 is 0 Å². The van der Waals surface area contributed by atoms with Gasteiger partial charge in [-0.25, -0.2) is 0 Å². The van der Waals surface area contributed by atoms with E-state index >= 15 is 0 Å². The van der Waals surface area contributed by atoms with E-state index in [0.29, 0.717) is 0 Å². The fraction of sp³-hybridized carbons (Fsp3) is 0.562. The SMILES string of the molecule is O=C(NC[C@@H]1C[C@H]2C[C@H]1[C@@H]1C[C@@H]21)c1ccccc1Br. The van der Waals surface area contributed by atoms with Gasteiger partial charge in [-0.15, -0.1) is 0 Å². The maximum atomic E-state index is 12.2. The number of hydrogen-bond acceptors (Lipinski definition) is 1. The standard InChI is InChI=1S/C16H18BrNO/c17-15-4-2-1-3-11(15)16(19)18-8-10-5-9-6-12(10)14-7-13(9)14/h1-4,9-10,12-14H,5-8H2,(H,18,19)/t9-,10-,12+,13-,14-/m0/s1. The molecule has 1 aromatic carbocycles. The molecule has 1 amide bonds. The molecule has 3 heteroatoms. The summed E-state index contributed by atoms with van der Waals surface area (Å²) in [7, 11) is 0. The minimum atomic E-state index is 0.0580. The van der Waals surface area contributed by atoms with Gasteiger partial charge in [0.2, 0.25) is 0 Å². The zero-order valence-electron chi connectivity index (χ0n) is 10.8. The average Bonchev–Trinajstić information content (AvgIpc) is 3.03. The van der Waals surface area contributed by atoms with Crippen LogP contribution in [0.15, 0.2) is 28.7 Å². The van der Waals surface area contributed by atoms with Gasteiger partial charge in [0.05, 0.1) is 5.56 Å². The average molecular weight is 320 g/mol. The van der Waals surface area contributed by atoms with Crippen molar-refractivity contribution < 1.29 is 4.79 Å². The van der Waals surface area contributed by atoms with Crippen LogP contribution in [0.2, 0.25) is 0 Å². The molecule has 100 valence electrons. The van der Waals surface area contributed by atoms with Gasteiger partial charge in [0.15, 0.2) is 0 Å². The molecule has 3 fully saturated rings. The van der Waals surface area contributed by atoms with Gasteiger partial charge in [-0.05, 0) is 76.9 Å². The summed E-state index contributed by atoms with van der Waals surface area (Å²) < 4.78 is 0.877. The van der Waals surface area contributed by atoms with Crippen LogP contribution in [0.5, 0.6) is 0 Å². The molecule has 1 N–H and O–H groups in total. The number of carbonyl (C=O) groups is 1. The van der Waals surface area contributed by atoms with Crippen LogP contribution >= 0.6 is 15.9 Å². The Labute approximate surface area is 122 Å². The molecule has 0 spiro atoms. The molecule has 19 heavy (non-hydrogen) atoms. The van der Waals surface area contributed by atoms with E-state index in [4.69, 9.17) is 0 Å². The van der Waals surface area contributed by atoms with Crippen molar-refractivity contribution in [1.82, 2.24) is 5.32 Å². The van der Waals surface area contributed by atoms with E-state index in [1.54, 1.807) is 0 Å². The Hall–Kier alpha value is -0.830. The third-order valence-electron chi connectivity index (χ3n) is 5.48. The predicted molar refractivity (Wildman–Crippen MR) is 77.8 cm³/mol. The van der Waals surface area contributed by atoms with Crippen LogP contribution in [0.4, 0.5) is 0 Å². The molecule has 0 unspecified atom stereocenters. The zero-order valence-corrected chi connectivity index (χ0v) is 12.4. The van der Waals surface area contributed by atoms with E-state index in [0.717, 1.165) is 46.2 Å². The van der Waals surface area contributed by atoms with Crippen molar-refractivity contribution in [3.05, 3.63) is 34.3 Å². The number of fused-ring (bicyclic) bond motifs is 5. The van der Waals surface area contributed by atoms with Gasteiger partial charge < -0.3 is 5.32 Å². The summed E-state index contributed by atoms with van der Waals surface area (Å²) in [6.45, 7) is 0.866. The smallest absolute Gasteiger partial charge is 0.252 e. The van der Waals surface area contributed by atoms with Crippen molar-refractivity contribution in [2.24, 2.45) is 29.6 Å². The minimum absolute atomic E-state index is 0.0580. The van der Waals surface area contributed by atoms with Crippen molar-refractivity contribution in [3.8, 4) is 0 Å². The monoisotopic (exact) mass is 319 g/mol. The number of hydrogen-bond donors (Lipinski definition) is 1. The summed E-state index contributed by atoms with van der Waals surface area (Å²) in [5.74, 6) is 4.78. The Morgan fingerprint density at radius 2 is 2.00 bits per heavy atom. The Bertz CT molecular complexity index is 529.